The van der Waals surface area contributed by atoms with E-state index in [2.05, 4.69) is 15.3 Å². The SMILES string of the molecule is O=C(CCCc1nc2ccccc2c(=O)[nH]1)NCC1(O)CCC1. The highest BCUT2D eigenvalue weighted by atomic mass is 16.3. The number of nitrogens with zero attached hydrogens (tertiary/aromatic N) is 1. The fourth-order valence-corrected chi connectivity index (χ4v) is 2.78. The molecule has 3 N–H and O–H groups in total. The van der Waals surface area contributed by atoms with Crippen molar-refractivity contribution >= 4 is 16.8 Å². The van der Waals surface area contributed by atoms with E-state index in [1.54, 1.807) is 18.2 Å². The molecule has 0 radical (unpaired) electrons. The second-order valence-corrected chi connectivity index (χ2v) is 6.24. The lowest BCUT2D eigenvalue weighted by Gasteiger charge is -2.36. The van der Waals surface area contributed by atoms with Crippen LogP contribution in [0.2, 0.25) is 0 Å². The number of hydrogen-bond donors (Lipinski definition) is 3. The summed E-state index contributed by atoms with van der Waals surface area (Å²) in [5.74, 6) is 0.521. The first-order chi connectivity index (χ1) is 11.1. The summed E-state index contributed by atoms with van der Waals surface area (Å²) >= 11 is 0. The number of aromatic nitrogens is 2. The van der Waals surface area contributed by atoms with Crippen LogP contribution in [0.15, 0.2) is 29.1 Å². The molecule has 6 heteroatoms. The predicted molar refractivity (Wildman–Crippen MR) is 87.1 cm³/mol. The van der Waals surface area contributed by atoms with Gasteiger partial charge in [0, 0.05) is 19.4 Å². The highest BCUT2D eigenvalue weighted by molar-refractivity contribution is 5.77. The maximum atomic E-state index is 11.9. The Balaban J connectivity index is 1.50. The van der Waals surface area contributed by atoms with Crippen LogP contribution in [0.5, 0.6) is 0 Å². The quantitative estimate of drug-likeness (QED) is 0.748. The van der Waals surface area contributed by atoms with Crippen molar-refractivity contribution in [1.29, 1.82) is 0 Å². The van der Waals surface area contributed by atoms with Gasteiger partial charge in [0.25, 0.3) is 5.56 Å². The van der Waals surface area contributed by atoms with E-state index in [1.165, 1.54) is 0 Å². The van der Waals surface area contributed by atoms with Crippen molar-refractivity contribution in [3.63, 3.8) is 0 Å². The molecular weight excluding hydrogens is 294 g/mol. The van der Waals surface area contributed by atoms with Gasteiger partial charge in [0.05, 0.1) is 16.5 Å². The number of nitrogens with one attached hydrogen (secondary N) is 2. The lowest BCUT2D eigenvalue weighted by Crippen LogP contribution is -2.47. The van der Waals surface area contributed by atoms with Gasteiger partial charge in [-0.05, 0) is 37.8 Å². The second-order valence-electron chi connectivity index (χ2n) is 6.24. The summed E-state index contributed by atoms with van der Waals surface area (Å²) in [5, 5.41) is 13.3. The van der Waals surface area contributed by atoms with Gasteiger partial charge < -0.3 is 15.4 Å². The number of H-pyrrole nitrogens is 1. The number of amides is 1. The highest BCUT2D eigenvalue weighted by Crippen LogP contribution is 2.30. The zero-order chi connectivity index (χ0) is 16.3. The molecule has 1 saturated carbocycles. The monoisotopic (exact) mass is 315 g/mol. The molecular formula is C17H21N3O3. The van der Waals surface area contributed by atoms with Gasteiger partial charge in [0.1, 0.15) is 5.82 Å². The van der Waals surface area contributed by atoms with Crippen LogP contribution in [0.4, 0.5) is 0 Å². The molecule has 6 nitrogen and oxygen atoms in total. The normalized spacial score (nSPS) is 16.0. The molecule has 2 aromatic rings. The van der Waals surface area contributed by atoms with Crippen molar-refractivity contribution in [2.24, 2.45) is 0 Å². The summed E-state index contributed by atoms with van der Waals surface area (Å²) in [7, 11) is 0. The minimum Gasteiger partial charge on any atom is -0.388 e. The average Bonchev–Trinajstić information content (AvgIpc) is 2.51. The van der Waals surface area contributed by atoms with Crippen LogP contribution in [0, 0.1) is 0 Å². The van der Waals surface area contributed by atoms with E-state index in [9.17, 15) is 14.7 Å². The minimum absolute atomic E-state index is 0.0755. The van der Waals surface area contributed by atoms with Gasteiger partial charge in [0.15, 0.2) is 0 Å². The van der Waals surface area contributed by atoms with E-state index in [4.69, 9.17) is 0 Å². The van der Waals surface area contributed by atoms with Crippen molar-refractivity contribution in [3.05, 3.63) is 40.4 Å². The Kier molecular flexibility index (Phi) is 4.43. The van der Waals surface area contributed by atoms with Gasteiger partial charge in [-0.3, -0.25) is 9.59 Å². The van der Waals surface area contributed by atoms with Crippen molar-refractivity contribution in [1.82, 2.24) is 15.3 Å². The van der Waals surface area contributed by atoms with Gasteiger partial charge in [-0.25, -0.2) is 4.98 Å². The molecule has 3 rings (SSSR count). The predicted octanol–water partition coefficient (Wildman–Crippen LogP) is 1.28. The minimum atomic E-state index is -0.694. The number of rotatable bonds is 6. The first-order valence-corrected chi connectivity index (χ1v) is 8.03. The molecule has 0 unspecified atom stereocenters. The summed E-state index contributed by atoms with van der Waals surface area (Å²) in [6, 6.07) is 7.19. The molecule has 1 heterocycles. The van der Waals surface area contributed by atoms with Gasteiger partial charge in [-0.15, -0.1) is 0 Å². The molecule has 23 heavy (non-hydrogen) atoms. The largest absolute Gasteiger partial charge is 0.388 e. The molecule has 0 bridgehead atoms. The number of fused-ring (bicyclic) bond motifs is 1. The second kappa shape index (κ2) is 6.50. The molecule has 122 valence electrons. The third kappa shape index (κ3) is 3.76. The number of hydrogen-bond acceptors (Lipinski definition) is 4. The standard InChI is InChI=1S/C17H21N3O3/c21-15(18-11-17(23)9-4-10-17)8-3-7-14-19-13-6-2-1-5-12(13)16(22)20-14/h1-2,5-6,23H,3-4,7-11H2,(H,18,21)(H,19,20,22). The van der Waals surface area contributed by atoms with Crippen LogP contribution in [-0.4, -0.2) is 33.1 Å². The van der Waals surface area contributed by atoms with Crippen LogP contribution < -0.4 is 10.9 Å². The van der Waals surface area contributed by atoms with Gasteiger partial charge in [-0.2, -0.15) is 0 Å². The first-order valence-electron chi connectivity index (χ1n) is 8.03. The maximum absolute atomic E-state index is 11.9. The Morgan fingerprint density at radius 1 is 1.35 bits per heavy atom. The topological polar surface area (TPSA) is 95.1 Å². The molecule has 1 amide bonds. The van der Waals surface area contributed by atoms with Crippen molar-refractivity contribution in [3.8, 4) is 0 Å². The summed E-state index contributed by atoms with van der Waals surface area (Å²) in [6.45, 7) is 0.330. The Morgan fingerprint density at radius 2 is 2.13 bits per heavy atom. The summed E-state index contributed by atoms with van der Waals surface area (Å²) in [5.41, 5.74) is -0.175. The fourth-order valence-electron chi connectivity index (χ4n) is 2.78. The molecule has 1 fully saturated rings. The molecule has 0 atom stereocenters. The number of para-hydroxylation sites is 1. The van der Waals surface area contributed by atoms with Crippen molar-refractivity contribution in [2.45, 2.75) is 44.1 Å². The Hall–Kier alpha value is -2.21. The van der Waals surface area contributed by atoms with Crippen LogP contribution in [0.25, 0.3) is 10.9 Å². The fraction of sp³-hybridized carbons (Fsp3) is 0.471. The van der Waals surface area contributed by atoms with E-state index >= 15 is 0 Å². The average molecular weight is 315 g/mol. The number of benzene rings is 1. The molecule has 1 aromatic heterocycles. The molecule has 0 aliphatic heterocycles. The summed E-state index contributed by atoms with van der Waals surface area (Å²) in [4.78, 5) is 30.9. The van der Waals surface area contributed by atoms with Gasteiger partial charge in [-0.1, -0.05) is 12.1 Å². The maximum Gasteiger partial charge on any atom is 0.258 e. The number of aryl methyl sites for hydroxylation is 1. The number of aromatic amines is 1. The van der Waals surface area contributed by atoms with Crippen LogP contribution in [-0.2, 0) is 11.2 Å². The van der Waals surface area contributed by atoms with E-state index in [0.717, 1.165) is 19.3 Å². The summed E-state index contributed by atoms with van der Waals surface area (Å²) < 4.78 is 0. The third-order valence-corrected chi connectivity index (χ3v) is 4.38. The Labute approximate surface area is 133 Å². The van der Waals surface area contributed by atoms with E-state index in [-0.39, 0.29) is 11.5 Å². The molecule has 0 saturated heterocycles. The zero-order valence-electron chi connectivity index (χ0n) is 13.0. The lowest BCUT2D eigenvalue weighted by molar-refractivity contribution is -0.123. The molecule has 1 aliphatic rings. The van der Waals surface area contributed by atoms with Crippen LogP contribution in [0.1, 0.15) is 37.9 Å². The molecule has 0 spiro atoms. The van der Waals surface area contributed by atoms with Gasteiger partial charge >= 0.3 is 0 Å². The number of carbonyl (C=O) groups is 1. The van der Waals surface area contributed by atoms with E-state index < -0.39 is 5.60 Å². The first kappa shape index (κ1) is 15.7. The summed E-state index contributed by atoms with van der Waals surface area (Å²) in [6.07, 6.45) is 4.04. The van der Waals surface area contributed by atoms with Gasteiger partial charge in [0.2, 0.25) is 5.91 Å². The number of carbonyl (C=O) groups excluding carboxylic acids is 1. The number of aliphatic hydroxyl groups is 1. The third-order valence-electron chi connectivity index (χ3n) is 4.38. The van der Waals surface area contributed by atoms with Crippen LogP contribution >= 0.6 is 0 Å². The smallest absolute Gasteiger partial charge is 0.258 e. The Morgan fingerprint density at radius 3 is 2.87 bits per heavy atom. The molecule has 1 aliphatic carbocycles. The zero-order valence-corrected chi connectivity index (χ0v) is 13.0. The van der Waals surface area contributed by atoms with E-state index in [1.807, 2.05) is 6.07 Å². The lowest BCUT2D eigenvalue weighted by atomic mass is 9.80. The highest BCUT2D eigenvalue weighted by Gasteiger charge is 2.34. The van der Waals surface area contributed by atoms with Crippen molar-refractivity contribution < 1.29 is 9.90 Å². The van der Waals surface area contributed by atoms with Crippen molar-refractivity contribution in [2.75, 3.05) is 6.54 Å². The molecule has 1 aromatic carbocycles. The van der Waals surface area contributed by atoms with Crippen LogP contribution in [0.3, 0.4) is 0 Å². The Bertz CT molecular complexity index is 765. The van der Waals surface area contributed by atoms with E-state index in [0.29, 0.717) is 42.5 Å².